The highest BCUT2D eigenvalue weighted by molar-refractivity contribution is 5.70. The number of hydrogen-bond acceptors (Lipinski definition) is 5. The quantitative estimate of drug-likeness (QED) is 0.927. The van der Waals surface area contributed by atoms with E-state index in [1.54, 1.807) is 0 Å². The molecule has 1 N–H and O–H groups in total. The van der Waals surface area contributed by atoms with E-state index in [4.69, 9.17) is 9.63 Å². The van der Waals surface area contributed by atoms with Crippen molar-refractivity contribution in [3.05, 3.63) is 36.2 Å². The SMILES string of the molecule is O=C(O)[C@@H]1CCCN(Cc2nc(-c3ccccc3)no2)C1. The molecule has 1 aliphatic heterocycles. The molecular weight excluding hydrogens is 270 g/mol. The molecule has 0 aliphatic carbocycles. The maximum absolute atomic E-state index is 11.1. The average molecular weight is 287 g/mol. The average Bonchev–Trinajstić information content (AvgIpc) is 2.97. The first-order valence-electron chi connectivity index (χ1n) is 7.05. The van der Waals surface area contributed by atoms with Crippen molar-refractivity contribution in [1.82, 2.24) is 15.0 Å². The summed E-state index contributed by atoms with van der Waals surface area (Å²) in [6.07, 6.45) is 1.63. The van der Waals surface area contributed by atoms with Crippen LogP contribution in [0, 0.1) is 5.92 Å². The molecule has 0 radical (unpaired) electrons. The highest BCUT2D eigenvalue weighted by Gasteiger charge is 2.26. The number of carboxylic acid groups (broad SMARTS) is 1. The number of aliphatic carboxylic acids is 1. The summed E-state index contributed by atoms with van der Waals surface area (Å²) in [5.41, 5.74) is 0.912. The number of piperidine rings is 1. The Labute approximate surface area is 122 Å². The summed E-state index contributed by atoms with van der Waals surface area (Å²) in [4.78, 5) is 17.5. The van der Waals surface area contributed by atoms with Crippen LogP contribution in [0.4, 0.5) is 0 Å². The number of rotatable bonds is 4. The number of carbonyl (C=O) groups is 1. The van der Waals surface area contributed by atoms with E-state index in [1.165, 1.54) is 0 Å². The highest BCUT2D eigenvalue weighted by Crippen LogP contribution is 2.20. The first-order valence-corrected chi connectivity index (χ1v) is 7.05. The summed E-state index contributed by atoms with van der Waals surface area (Å²) in [5, 5.41) is 13.1. The lowest BCUT2D eigenvalue weighted by atomic mass is 9.98. The summed E-state index contributed by atoms with van der Waals surface area (Å²) in [6, 6.07) is 9.64. The van der Waals surface area contributed by atoms with Gasteiger partial charge in [0.1, 0.15) is 0 Å². The second-order valence-corrected chi connectivity index (χ2v) is 5.29. The standard InChI is InChI=1S/C15H17N3O3/c19-15(20)12-7-4-8-18(9-12)10-13-16-14(17-21-13)11-5-2-1-3-6-11/h1-3,5-6,12H,4,7-10H2,(H,19,20)/t12-/m1/s1. The van der Waals surface area contributed by atoms with Crippen LogP contribution >= 0.6 is 0 Å². The maximum Gasteiger partial charge on any atom is 0.307 e. The van der Waals surface area contributed by atoms with Crippen molar-refractivity contribution in [2.24, 2.45) is 5.92 Å². The smallest absolute Gasteiger partial charge is 0.307 e. The van der Waals surface area contributed by atoms with Crippen LogP contribution in [-0.2, 0) is 11.3 Å². The van der Waals surface area contributed by atoms with E-state index in [0.29, 0.717) is 24.8 Å². The molecule has 0 saturated carbocycles. The van der Waals surface area contributed by atoms with Crippen LogP contribution in [0.1, 0.15) is 18.7 Å². The number of carboxylic acids is 1. The van der Waals surface area contributed by atoms with E-state index in [1.807, 2.05) is 30.3 Å². The Kier molecular flexibility index (Phi) is 3.96. The van der Waals surface area contributed by atoms with Gasteiger partial charge in [-0.3, -0.25) is 9.69 Å². The zero-order chi connectivity index (χ0) is 14.7. The molecule has 1 aromatic carbocycles. The molecule has 1 atom stereocenters. The van der Waals surface area contributed by atoms with Crippen molar-refractivity contribution in [3.63, 3.8) is 0 Å². The van der Waals surface area contributed by atoms with E-state index in [-0.39, 0.29) is 5.92 Å². The molecule has 110 valence electrons. The summed E-state index contributed by atoms with van der Waals surface area (Å²) < 4.78 is 5.27. The lowest BCUT2D eigenvalue weighted by Crippen LogP contribution is -2.38. The van der Waals surface area contributed by atoms with Crippen LogP contribution in [0.2, 0.25) is 0 Å². The third-order valence-corrected chi connectivity index (χ3v) is 3.71. The molecule has 3 rings (SSSR count). The zero-order valence-corrected chi connectivity index (χ0v) is 11.6. The second-order valence-electron chi connectivity index (χ2n) is 5.29. The maximum atomic E-state index is 11.1. The Morgan fingerprint density at radius 3 is 2.95 bits per heavy atom. The van der Waals surface area contributed by atoms with Gasteiger partial charge in [-0.1, -0.05) is 35.5 Å². The number of hydrogen-bond donors (Lipinski definition) is 1. The van der Waals surface area contributed by atoms with E-state index >= 15 is 0 Å². The first kappa shape index (κ1) is 13.8. The van der Waals surface area contributed by atoms with Gasteiger partial charge < -0.3 is 9.63 Å². The zero-order valence-electron chi connectivity index (χ0n) is 11.6. The normalized spacial score (nSPS) is 19.5. The third-order valence-electron chi connectivity index (χ3n) is 3.71. The minimum absolute atomic E-state index is 0.296. The monoisotopic (exact) mass is 287 g/mol. The van der Waals surface area contributed by atoms with Gasteiger partial charge in [-0.2, -0.15) is 4.98 Å². The summed E-state index contributed by atoms with van der Waals surface area (Å²) in [6.45, 7) is 1.91. The Bertz CT molecular complexity index is 612. The van der Waals surface area contributed by atoms with Crippen LogP contribution in [0.15, 0.2) is 34.9 Å². The minimum Gasteiger partial charge on any atom is -0.481 e. The molecule has 6 nitrogen and oxygen atoms in total. The van der Waals surface area contributed by atoms with Crippen molar-refractivity contribution < 1.29 is 14.4 Å². The fourth-order valence-electron chi connectivity index (χ4n) is 2.62. The molecule has 21 heavy (non-hydrogen) atoms. The van der Waals surface area contributed by atoms with Crippen LogP contribution in [-0.4, -0.2) is 39.2 Å². The van der Waals surface area contributed by atoms with Gasteiger partial charge in [-0.25, -0.2) is 0 Å². The first-order chi connectivity index (χ1) is 10.2. The Hall–Kier alpha value is -2.21. The van der Waals surface area contributed by atoms with Crippen molar-refractivity contribution in [2.45, 2.75) is 19.4 Å². The molecule has 1 aromatic heterocycles. The molecular formula is C15H17N3O3. The molecule has 0 unspecified atom stereocenters. The molecule has 1 saturated heterocycles. The van der Waals surface area contributed by atoms with E-state index < -0.39 is 5.97 Å². The molecule has 0 amide bonds. The lowest BCUT2D eigenvalue weighted by Gasteiger charge is -2.29. The van der Waals surface area contributed by atoms with Gasteiger partial charge in [0, 0.05) is 12.1 Å². The topological polar surface area (TPSA) is 79.5 Å². The third kappa shape index (κ3) is 3.28. The molecule has 0 spiro atoms. The number of aromatic nitrogens is 2. The Morgan fingerprint density at radius 1 is 1.38 bits per heavy atom. The van der Waals surface area contributed by atoms with Gasteiger partial charge in [0.2, 0.25) is 11.7 Å². The van der Waals surface area contributed by atoms with Crippen LogP contribution in [0.3, 0.4) is 0 Å². The largest absolute Gasteiger partial charge is 0.481 e. The summed E-state index contributed by atoms with van der Waals surface area (Å²) >= 11 is 0. The Morgan fingerprint density at radius 2 is 2.19 bits per heavy atom. The van der Waals surface area contributed by atoms with E-state index in [2.05, 4.69) is 15.0 Å². The second kappa shape index (κ2) is 6.05. The van der Waals surface area contributed by atoms with Gasteiger partial charge in [0.25, 0.3) is 0 Å². The minimum atomic E-state index is -0.727. The van der Waals surface area contributed by atoms with Crippen molar-refractivity contribution in [1.29, 1.82) is 0 Å². The Balaban J connectivity index is 1.66. The molecule has 1 aliphatic rings. The molecule has 1 fully saturated rings. The van der Waals surface area contributed by atoms with Gasteiger partial charge >= 0.3 is 5.97 Å². The van der Waals surface area contributed by atoms with Crippen LogP contribution in [0.5, 0.6) is 0 Å². The number of benzene rings is 1. The molecule has 0 bridgehead atoms. The molecule has 2 aromatic rings. The fourth-order valence-corrected chi connectivity index (χ4v) is 2.62. The van der Waals surface area contributed by atoms with Gasteiger partial charge in [0.05, 0.1) is 12.5 Å². The fraction of sp³-hybridized carbons (Fsp3) is 0.400. The lowest BCUT2D eigenvalue weighted by molar-refractivity contribution is -0.143. The van der Waals surface area contributed by atoms with Crippen LogP contribution < -0.4 is 0 Å². The van der Waals surface area contributed by atoms with E-state index in [0.717, 1.165) is 24.9 Å². The predicted octanol–water partition coefficient (Wildman–Crippen LogP) is 2.03. The molecule has 2 heterocycles. The van der Waals surface area contributed by atoms with E-state index in [9.17, 15) is 4.79 Å². The number of nitrogens with zero attached hydrogens (tertiary/aromatic N) is 3. The summed E-state index contributed by atoms with van der Waals surface area (Å²) in [5.74, 6) is 0.0720. The van der Waals surface area contributed by atoms with Crippen LogP contribution in [0.25, 0.3) is 11.4 Å². The van der Waals surface area contributed by atoms with Crippen molar-refractivity contribution in [3.8, 4) is 11.4 Å². The summed E-state index contributed by atoms with van der Waals surface area (Å²) in [7, 11) is 0. The van der Waals surface area contributed by atoms with Crippen molar-refractivity contribution >= 4 is 5.97 Å². The van der Waals surface area contributed by atoms with Crippen molar-refractivity contribution in [2.75, 3.05) is 13.1 Å². The molecule has 6 heteroatoms. The van der Waals surface area contributed by atoms with Gasteiger partial charge in [0.15, 0.2) is 0 Å². The van der Waals surface area contributed by atoms with Gasteiger partial charge in [-0.15, -0.1) is 0 Å². The predicted molar refractivity (Wildman–Crippen MR) is 75.4 cm³/mol. The number of likely N-dealkylation sites (tertiary alicyclic amines) is 1. The highest BCUT2D eigenvalue weighted by atomic mass is 16.5. The van der Waals surface area contributed by atoms with Gasteiger partial charge in [-0.05, 0) is 19.4 Å².